The number of furan rings is 1. The summed E-state index contributed by atoms with van der Waals surface area (Å²) in [4.78, 5) is 13.7. The Balaban J connectivity index is 1.33. The molecule has 2 aliphatic heterocycles. The van der Waals surface area contributed by atoms with Crippen molar-refractivity contribution in [2.75, 3.05) is 19.9 Å². The highest BCUT2D eigenvalue weighted by molar-refractivity contribution is 7.91. The maximum absolute atomic E-state index is 12.3. The van der Waals surface area contributed by atoms with Crippen molar-refractivity contribution in [3.63, 3.8) is 0 Å². The Morgan fingerprint density at radius 3 is 2.77 bits per heavy atom. The van der Waals surface area contributed by atoms with Crippen molar-refractivity contribution in [2.45, 2.75) is 11.0 Å². The summed E-state index contributed by atoms with van der Waals surface area (Å²) in [5.41, 5.74) is 0.810. The number of rotatable bonds is 5. The second-order valence-corrected chi connectivity index (χ2v) is 8.48. The topological polar surface area (TPSA) is 86.0 Å². The minimum Gasteiger partial charge on any atom is -0.468 e. The van der Waals surface area contributed by atoms with Crippen molar-refractivity contribution in [2.24, 2.45) is 0 Å². The second-order valence-electron chi connectivity index (χ2n) is 6.20. The third-order valence-electron chi connectivity index (χ3n) is 4.41. The van der Waals surface area contributed by atoms with Gasteiger partial charge < -0.3 is 18.8 Å². The smallest absolute Gasteiger partial charge is 0.246 e. The lowest BCUT2D eigenvalue weighted by atomic mass is 10.1. The first kappa shape index (κ1) is 16.7. The number of amides is 1. The molecule has 0 aliphatic carbocycles. The van der Waals surface area contributed by atoms with Crippen LogP contribution < -0.4 is 9.47 Å². The zero-order chi connectivity index (χ0) is 18.1. The highest BCUT2D eigenvalue weighted by atomic mass is 32.2. The van der Waals surface area contributed by atoms with Crippen LogP contribution in [0.25, 0.3) is 6.08 Å². The van der Waals surface area contributed by atoms with Crippen molar-refractivity contribution in [3.8, 4) is 11.5 Å². The Labute approximate surface area is 150 Å². The maximum atomic E-state index is 12.3. The highest BCUT2D eigenvalue weighted by Crippen LogP contribution is 2.32. The van der Waals surface area contributed by atoms with E-state index in [0.717, 1.165) is 5.56 Å². The molecule has 1 fully saturated rings. The normalized spacial score (nSPS) is 16.8. The Bertz CT molecular complexity index is 942. The minimum absolute atomic E-state index is 0.139. The molecule has 8 heteroatoms. The molecule has 0 radical (unpaired) electrons. The molecule has 2 aliphatic rings. The van der Waals surface area contributed by atoms with Crippen LogP contribution in [0.15, 0.2) is 47.1 Å². The number of hydrogen-bond acceptors (Lipinski definition) is 6. The van der Waals surface area contributed by atoms with Gasteiger partial charge in [-0.2, -0.15) is 0 Å². The van der Waals surface area contributed by atoms with Crippen molar-refractivity contribution in [3.05, 3.63) is 54.0 Å². The van der Waals surface area contributed by atoms with Crippen molar-refractivity contribution in [1.82, 2.24) is 4.90 Å². The Kier molecular flexibility index (Phi) is 4.20. The molecule has 0 spiro atoms. The molecular weight excluding hydrogens is 358 g/mol. The third-order valence-corrected chi connectivity index (χ3v) is 6.41. The fourth-order valence-electron chi connectivity index (χ4n) is 2.85. The van der Waals surface area contributed by atoms with E-state index in [1.807, 2.05) is 6.07 Å². The molecule has 0 bridgehead atoms. The van der Waals surface area contributed by atoms with Gasteiger partial charge in [0, 0.05) is 19.2 Å². The van der Waals surface area contributed by atoms with Crippen molar-refractivity contribution >= 4 is 21.8 Å². The van der Waals surface area contributed by atoms with E-state index in [2.05, 4.69) is 0 Å². The van der Waals surface area contributed by atoms with Crippen LogP contribution in [0, 0.1) is 0 Å². The SMILES string of the molecule is O=C(/C=C/c1ccc2c(c1)OCO2)N1CC(S(=O)(=O)Cc2ccco2)C1. The number of carbonyl (C=O) groups excluding carboxylic acids is 1. The predicted molar refractivity (Wildman–Crippen MR) is 93.3 cm³/mol. The van der Waals surface area contributed by atoms with Crippen LogP contribution in [-0.4, -0.2) is 44.4 Å². The molecule has 0 saturated carbocycles. The summed E-state index contributed by atoms with van der Waals surface area (Å²) in [5.74, 6) is 1.39. The molecule has 2 aromatic rings. The van der Waals surface area contributed by atoms with E-state index < -0.39 is 15.1 Å². The van der Waals surface area contributed by atoms with Crippen molar-refractivity contribution < 1.29 is 27.1 Å². The van der Waals surface area contributed by atoms with Gasteiger partial charge in [-0.1, -0.05) is 6.07 Å². The fourth-order valence-corrected chi connectivity index (χ4v) is 4.46. The lowest BCUT2D eigenvalue weighted by Crippen LogP contribution is -2.56. The molecule has 0 N–H and O–H groups in total. The van der Waals surface area contributed by atoms with Crippen LogP contribution in [-0.2, 0) is 20.4 Å². The summed E-state index contributed by atoms with van der Waals surface area (Å²) >= 11 is 0. The van der Waals surface area contributed by atoms with E-state index in [9.17, 15) is 13.2 Å². The second kappa shape index (κ2) is 6.53. The molecule has 4 rings (SSSR count). The molecule has 26 heavy (non-hydrogen) atoms. The molecule has 0 unspecified atom stereocenters. The van der Waals surface area contributed by atoms with Gasteiger partial charge in [-0.3, -0.25) is 4.79 Å². The van der Waals surface area contributed by atoms with Crippen LogP contribution in [0.4, 0.5) is 0 Å². The van der Waals surface area contributed by atoms with Gasteiger partial charge in [0.15, 0.2) is 21.3 Å². The number of fused-ring (bicyclic) bond motifs is 1. The van der Waals surface area contributed by atoms with Gasteiger partial charge >= 0.3 is 0 Å². The average molecular weight is 375 g/mol. The van der Waals surface area contributed by atoms with Crippen LogP contribution in [0.3, 0.4) is 0 Å². The van der Waals surface area contributed by atoms with E-state index in [4.69, 9.17) is 13.9 Å². The van der Waals surface area contributed by atoms with Crippen LogP contribution in [0.1, 0.15) is 11.3 Å². The van der Waals surface area contributed by atoms with Gasteiger partial charge in [0.05, 0.1) is 11.5 Å². The number of sulfone groups is 1. The Hall–Kier alpha value is -2.74. The molecule has 7 nitrogen and oxygen atoms in total. The molecular formula is C18H17NO6S. The van der Waals surface area contributed by atoms with E-state index in [0.29, 0.717) is 17.3 Å². The van der Waals surface area contributed by atoms with Gasteiger partial charge in [-0.15, -0.1) is 0 Å². The minimum atomic E-state index is -3.33. The summed E-state index contributed by atoms with van der Waals surface area (Å²) in [6, 6.07) is 8.69. The monoisotopic (exact) mass is 375 g/mol. The lowest BCUT2D eigenvalue weighted by Gasteiger charge is -2.37. The van der Waals surface area contributed by atoms with Gasteiger partial charge in [0.2, 0.25) is 12.7 Å². The van der Waals surface area contributed by atoms with Crippen LogP contribution >= 0.6 is 0 Å². The zero-order valence-corrected chi connectivity index (χ0v) is 14.6. The zero-order valence-electron chi connectivity index (χ0n) is 13.8. The van der Waals surface area contributed by atoms with E-state index >= 15 is 0 Å². The maximum Gasteiger partial charge on any atom is 0.246 e. The van der Waals surface area contributed by atoms with Crippen LogP contribution in [0.2, 0.25) is 0 Å². The number of likely N-dealkylation sites (tertiary alicyclic amines) is 1. The molecule has 3 heterocycles. The number of nitrogens with zero attached hydrogens (tertiary/aromatic N) is 1. The molecule has 1 saturated heterocycles. The summed E-state index contributed by atoms with van der Waals surface area (Å²) in [6.45, 7) is 0.601. The Morgan fingerprint density at radius 1 is 1.19 bits per heavy atom. The van der Waals surface area contributed by atoms with E-state index in [1.165, 1.54) is 17.2 Å². The van der Waals surface area contributed by atoms with Gasteiger partial charge in [0.25, 0.3) is 0 Å². The van der Waals surface area contributed by atoms with Crippen LogP contribution in [0.5, 0.6) is 11.5 Å². The fraction of sp³-hybridized carbons (Fsp3) is 0.278. The summed E-state index contributed by atoms with van der Waals surface area (Å²) in [7, 11) is -3.33. The predicted octanol–water partition coefficient (Wildman–Crippen LogP) is 1.85. The summed E-state index contributed by atoms with van der Waals surface area (Å²) in [5, 5.41) is -0.546. The summed E-state index contributed by atoms with van der Waals surface area (Å²) < 4.78 is 40.2. The van der Waals surface area contributed by atoms with Gasteiger partial charge in [-0.25, -0.2) is 8.42 Å². The number of hydrogen-bond donors (Lipinski definition) is 0. The molecule has 1 aromatic carbocycles. The lowest BCUT2D eigenvalue weighted by molar-refractivity contribution is -0.128. The number of benzene rings is 1. The third kappa shape index (κ3) is 3.32. The van der Waals surface area contributed by atoms with Gasteiger partial charge in [-0.05, 0) is 35.9 Å². The van der Waals surface area contributed by atoms with E-state index in [1.54, 1.807) is 30.3 Å². The first-order chi connectivity index (χ1) is 12.5. The van der Waals surface area contributed by atoms with Gasteiger partial charge in [0.1, 0.15) is 11.5 Å². The molecule has 0 atom stereocenters. The summed E-state index contributed by atoms with van der Waals surface area (Å²) in [6.07, 6.45) is 4.56. The first-order valence-electron chi connectivity index (χ1n) is 8.12. The first-order valence-corrected chi connectivity index (χ1v) is 9.83. The molecule has 136 valence electrons. The average Bonchev–Trinajstić information content (AvgIpc) is 3.21. The largest absolute Gasteiger partial charge is 0.468 e. The Morgan fingerprint density at radius 2 is 2.00 bits per heavy atom. The molecule has 1 aromatic heterocycles. The highest BCUT2D eigenvalue weighted by Gasteiger charge is 2.39. The quantitative estimate of drug-likeness (QED) is 0.742. The standard InChI is InChI=1S/C18H17NO6S/c20-18(6-4-13-3-5-16-17(8-13)25-12-24-16)19-9-15(10-19)26(21,22)11-14-2-1-7-23-14/h1-8,15H,9-12H2/b6-4+. The molecule has 1 amide bonds. The van der Waals surface area contributed by atoms with E-state index in [-0.39, 0.29) is 31.5 Å². The number of ether oxygens (including phenoxy) is 2. The van der Waals surface area contributed by atoms with Crippen molar-refractivity contribution in [1.29, 1.82) is 0 Å². The number of carbonyl (C=O) groups is 1.